The summed E-state index contributed by atoms with van der Waals surface area (Å²) < 4.78 is 29.3. The zero-order chi connectivity index (χ0) is 18.0. The number of aliphatic hydroxyl groups is 1. The van der Waals surface area contributed by atoms with Gasteiger partial charge in [0.25, 0.3) is 0 Å². The lowest BCUT2D eigenvalue weighted by atomic mass is 9.85. The molecule has 1 aromatic heterocycles. The molecule has 1 N–H and O–H groups in total. The molecule has 134 valence electrons. The van der Waals surface area contributed by atoms with E-state index in [9.17, 15) is 13.9 Å². The van der Waals surface area contributed by atoms with Crippen molar-refractivity contribution in [2.24, 2.45) is 0 Å². The van der Waals surface area contributed by atoms with Crippen LogP contribution in [-0.2, 0) is 12.1 Å². The second kappa shape index (κ2) is 7.01. The van der Waals surface area contributed by atoms with Crippen LogP contribution in [-0.4, -0.2) is 43.9 Å². The van der Waals surface area contributed by atoms with E-state index < -0.39 is 23.3 Å². The second-order valence-electron chi connectivity index (χ2n) is 6.61. The van der Waals surface area contributed by atoms with Gasteiger partial charge in [0.15, 0.2) is 0 Å². The smallest absolute Gasteiger partial charge is 0.137 e. The van der Waals surface area contributed by atoms with Crippen LogP contribution in [0.2, 0.25) is 0 Å². The van der Waals surface area contributed by atoms with E-state index in [2.05, 4.69) is 28.0 Å². The lowest BCUT2D eigenvalue weighted by Gasteiger charge is -2.42. The largest absolute Gasteiger partial charge is 0.381 e. The quantitative estimate of drug-likeness (QED) is 0.844. The van der Waals surface area contributed by atoms with Crippen LogP contribution in [0.4, 0.5) is 8.78 Å². The van der Waals surface area contributed by atoms with E-state index in [-0.39, 0.29) is 12.1 Å². The molecule has 2 heterocycles. The number of rotatable bonds is 5. The normalized spacial score (nSPS) is 19.3. The van der Waals surface area contributed by atoms with E-state index in [1.165, 1.54) is 29.0 Å². The molecule has 1 aliphatic rings. The van der Waals surface area contributed by atoms with Gasteiger partial charge in [0.2, 0.25) is 0 Å². The Morgan fingerprint density at radius 3 is 2.76 bits per heavy atom. The molecular weight excluding hydrogens is 326 g/mol. The zero-order valence-electron chi connectivity index (χ0n) is 14.4. The van der Waals surface area contributed by atoms with Crippen molar-refractivity contribution in [3.8, 4) is 0 Å². The Balaban J connectivity index is 1.99. The van der Waals surface area contributed by atoms with Crippen molar-refractivity contribution in [2.75, 3.05) is 13.1 Å². The Morgan fingerprint density at radius 1 is 1.36 bits per heavy atom. The highest BCUT2D eigenvalue weighted by molar-refractivity contribution is 5.27. The fraction of sp³-hybridized carbons (Fsp3) is 0.444. The Labute approximate surface area is 145 Å². The molecule has 1 aliphatic heterocycles. The number of benzene rings is 1. The highest BCUT2D eigenvalue weighted by Gasteiger charge is 2.42. The van der Waals surface area contributed by atoms with Crippen molar-refractivity contribution in [1.82, 2.24) is 19.7 Å². The van der Waals surface area contributed by atoms with Gasteiger partial charge in [0.1, 0.15) is 29.9 Å². The molecule has 2 atom stereocenters. The maximum atomic E-state index is 14.5. The first-order valence-electron chi connectivity index (χ1n) is 8.30. The van der Waals surface area contributed by atoms with Gasteiger partial charge in [-0.2, -0.15) is 5.10 Å². The van der Waals surface area contributed by atoms with Gasteiger partial charge in [0, 0.05) is 30.8 Å². The lowest BCUT2D eigenvalue weighted by molar-refractivity contribution is -0.0618. The fourth-order valence-corrected chi connectivity index (χ4v) is 3.28. The van der Waals surface area contributed by atoms with Gasteiger partial charge in [-0.15, -0.1) is 0 Å². The molecule has 0 saturated carbocycles. The number of aromatic nitrogens is 3. The van der Waals surface area contributed by atoms with Gasteiger partial charge < -0.3 is 5.11 Å². The van der Waals surface area contributed by atoms with E-state index in [4.69, 9.17) is 0 Å². The minimum atomic E-state index is -1.58. The van der Waals surface area contributed by atoms with Crippen LogP contribution >= 0.6 is 0 Å². The van der Waals surface area contributed by atoms with Crippen molar-refractivity contribution >= 4 is 0 Å². The Kier molecular flexibility index (Phi) is 4.96. The molecule has 1 unspecified atom stereocenters. The molecule has 7 heteroatoms. The number of hydrogen-bond donors (Lipinski definition) is 1. The molecule has 5 nitrogen and oxygen atoms in total. The molecule has 2 aromatic rings. The van der Waals surface area contributed by atoms with Gasteiger partial charge in [-0.05, 0) is 26.3 Å². The molecule has 25 heavy (non-hydrogen) atoms. The number of halogens is 2. The van der Waals surface area contributed by atoms with Crippen LogP contribution in [0, 0.1) is 11.6 Å². The molecule has 0 spiro atoms. The molecule has 0 fully saturated rings. The van der Waals surface area contributed by atoms with Crippen LogP contribution in [0.1, 0.15) is 25.8 Å². The first kappa shape index (κ1) is 17.7. The summed E-state index contributed by atoms with van der Waals surface area (Å²) >= 11 is 0. The van der Waals surface area contributed by atoms with Gasteiger partial charge >= 0.3 is 0 Å². The average molecular weight is 348 g/mol. The molecule has 0 saturated heterocycles. The summed E-state index contributed by atoms with van der Waals surface area (Å²) in [6.45, 7) is 5.40. The highest BCUT2D eigenvalue weighted by atomic mass is 19.1. The van der Waals surface area contributed by atoms with Crippen molar-refractivity contribution in [3.05, 3.63) is 59.7 Å². The van der Waals surface area contributed by atoms with Crippen molar-refractivity contribution in [1.29, 1.82) is 0 Å². The molecule has 1 aromatic carbocycles. The van der Waals surface area contributed by atoms with E-state index in [0.717, 1.165) is 25.1 Å². The minimum absolute atomic E-state index is 0.0237. The van der Waals surface area contributed by atoms with Gasteiger partial charge in [-0.25, -0.2) is 18.4 Å². The van der Waals surface area contributed by atoms with Crippen LogP contribution in [0.25, 0.3) is 0 Å². The summed E-state index contributed by atoms with van der Waals surface area (Å²) in [7, 11) is 0. The minimum Gasteiger partial charge on any atom is -0.381 e. The third kappa shape index (κ3) is 3.62. The molecule has 0 radical (unpaired) electrons. The second-order valence-corrected chi connectivity index (χ2v) is 6.61. The Hall–Kier alpha value is -2.12. The van der Waals surface area contributed by atoms with Gasteiger partial charge in [0.05, 0.1) is 6.54 Å². The Bertz CT molecular complexity index is 762. The maximum absolute atomic E-state index is 14.5. The predicted molar refractivity (Wildman–Crippen MR) is 89.7 cm³/mol. The lowest BCUT2D eigenvalue weighted by Crippen LogP contribution is -2.53. The van der Waals surface area contributed by atoms with E-state index in [0.29, 0.717) is 6.54 Å². The van der Waals surface area contributed by atoms with Gasteiger partial charge in [-0.1, -0.05) is 17.7 Å². The summed E-state index contributed by atoms with van der Waals surface area (Å²) in [6.07, 6.45) is 5.84. The third-order valence-electron chi connectivity index (χ3n) is 4.97. The summed E-state index contributed by atoms with van der Waals surface area (Å²) in [4.78, 5) is 5.97. The standard InChI is InChI=1S/C18H22F2N4O/c1-13-5-7-23(8-6-13)14(2)18(25,10-24-12-21-11-22-24)16-4-3-15(19)9-17(16)20/h3-5,9,11-12,14,25H,6-8,10H2,1-2H3/t14-,18?/m1/s1. The molecule has 3 rings (SSSR count). The molecular formula is C18H22F2N4O. The van der Waals surface area contributed by atoms with Crippen molar-refractivity contribution in [2.45, 2.75) is 38.5 Å². The van der Waals surface area contributed by atoms with Crippen LogP contribution < -0.4 is 0 Å². The predicted octanol–water partition coefficient (Wildman–Crippen LogP) is 2.48. The topological polar surface area (TPSA) is 54.2 Å². The SMILES string of the molecule is CC1=CCN([C@H](C)C(O)(Cn2cncn2)c2ccc(F)cc2F)CC1. The summed E-state index contributed by atoms with van der Waals surface area (Å²) in [6, 6.07) is 2.87. The van der Waals surface area contributed by atoms with Crippen LogP contribution in [0.5, 0.6) is 0 Å². The summed E-state index contributed by atoms with van der Waals surface area (Å²) in [5.41, 5.74) is -0.218. The molecule has 0 aliphatic carbocycles. The first-order valence-corrected chi connectivity index (χ1v) is 8.30. The monoisotopic (exact) mass is 348 g/mol. The molecule has 0 bridgehead atoms. The van der Waals surface area contributed by atoms with Crippen LogP contribution in [0.15, 0.2) is 42.5 Å². The first-order chi connectivity index (χ1) is 11.9. The third-order valence-corrected chi connectivity index (χ3v) is 4.97. The zero-order valence-corrected chi connectivity index (χ0v) is 14.4. The summed E-state index contributed by atoms with van der Waals surface area (Å²) in [5, 5.41) is 15.5. The number of hydrogen-bond acceptors (Lipinski definition) is 4. The van der Waals surface area contributed by atoms with Crippen molar-refractivity contribution in [3.63, 3.8) is 0 Å². The van der Waals surface area contributed by atoms with E-state index in [1.807, 2.05) is 6.92 Å². The number of nitrogens with zero attached hydrogens (tertiary/aromatic N) is 4. The van der Waals surface area contributed by atoms with Gasteiger partial charge in [-0.3, -0.25) is 4.90 Å². The van der Waals surface area contributed by atoms with E-state index >= 15 is 0 Å². The summed E-state index contributed by atoms with van der Waals surface area (Å²) in [5.74, 6) is -1.44. The fourth-order valence-electron chi connectivity index (χ4n) is 3.28. The van der Waals surface area contributed by atoms with Crippen molar-refractivity contribution < 1.29 is 13.9 Å². The maximum Gasteiger partial charge on any atom is 0.137 e. The van der Waals surface area contributed by atoms with Crippen LogP contribution in [0.3, 0.4) is 0 Å². The molecule has 0 amide bonds. The van der Waals surface area contributed by atoms with E-state index in [1.54, 1.807) is 0 Å². The highest BCUT2D eigenvalue weighted by Crippen LogP contribution is 2.33. The Morgan fingerprint density at radius 2 is 2.16 bits per heavy atom. The average Bonchev–Trinajstić information content (AvgIpc) is 3.07.